The van der Waals surface area contributed by atoms with Crippen molar-refractivity contribution >= 4 is 5.91 Å². The predicted octanol–water partition coefficient (Wildman–Crippen LogP) is -0.249. The Morgan fingerprint density at radius 3 is 2.00 bits per heavy atom. The maximum absolute atomic E-state index is 9.82. The van der Waals surface area contributed by atoms with E-state index < -0.39 is 6.61 Å². The Balaban J connectivity index is 0. The van der Waals surface area contributed by atoms with Crippen LogP contribution in [0.5, 0.6) is 0 Å². The van der Waals surface area contributed by atoms with E-state index in [2.05, 4.69) is 5.32 Å². The predicted molar refractivity (Wildman–Crippen MR) is 32.5 cm³/mol. The van der Waals surface area contributed by atoms with E-state index in [9.17, 15) is 4.79 Å². The number of rotatable bonds is 1. The summed E-state index contributed by atoms with van der Waals surface area (Å²) in [6.07, 6.45) is 0. The SMILES string of the molecule is CC.CNC(=O)CO. The van der Waals surface area contributed by atoms with Crippen molar-refractivity contribution in [3.05, 3.63) is 0 Å². The molecule has 50 valence electrons. The monoisotopic (exact) mass is 119 g/mol. The minimum atomic E-state index is -0.420. The molecule has 0 atom stereocenters. The largest absolute Gasteiger partial charge is 0.387 e. The van der Waals surface area contributed by atoms with Crippen LogP contribution in [-0.2, 0) is 4.79 Å². The highest BCUT2D eigenvalue weighted by Crippen LogP contribution is 1.51. The van der Waals surface area contributed by atoms with Crippen molar-refractivity contribution in [3.63, 3.8) is 0 Å². The van der Waals surface area contributed by atoms with Gasteiger partial charge in [0.25, 0.3) is 0 Å². The maximum Gasteiger partial charge on any atom is 0.245 e. The molecule has 0 radical (unpaired) electrons. The van der Waals surface area contributed by atoms with E-state index in [0.717, 1.165) is 0 Å². The minimum Gasteiger partial charge on any atom is -0.387 e. The fourth-order valence-electron chi connectivity index (χ4n) is 0.0791. The van der Waals surface area contributed by atoms with Gasteiger partial charge in [0.05, 0.1) is 0 Å². The lowest BCUT2D eigenvalue weighted by molar-refractivity contribution is -0.123. The van der Waals surface area contributed by atoms with Gasteiger partial charge in [-0.15, -0.1) is 0 Å². The average Bonchev–Trinajstić information content (AvgIpc) is 1.91. The number of aliphatic hydroxyl groups is 1. The summed E-state index contributed by atoms with van der Waals surface area (Å²) in [5, 5.41) is 10.1. The third-order valence-corrected chi connectivity index (χ3v) is 0.422. The van der Waals surface area contributed by atoms with E-state index in [1.165, 1.54) is 7.05 Å². The van der Waals surface area contributed by atoms with E-state index in [0.29, 0.717) is 0 Å². The number of likely N-dealkylation sites (N-methyl/N-ethyl adjacent to an activating group) is 1. The molecule has 0 aliphatic rings. The first kappa shape index (κ1) is 10.4. The van der Waals surface area contributed by atoms with E-state index >= 15 is 0 Å². The zero-order valence-corrected chi connectivity index (χ0v) is 5.56. The van der Waals surface area contributed by atoms with Gasteiger partial charge in [0, 0.05) is 7.05 Å². The van der Waals surface area contributed by atoms with E-state index in [-0.39, 0.29) is 5.91 Å². The van der Waals surface area contributed by atoms with Crippen LogP contribution in [-0.4, -0.2) is 24.7 Å². The first-order valence-corrected chi connectivity index (χ1v) is 2.62. The molecule has 8 heavy (non-hydrogen) atoms. The Hall–Kier alpha value is -0.570. The number of carbonyl (C=O) groups excluding carboxylic acids is 1. The zero-order chi connectivity index (χ0) is 6.99. The molecular formula is C5H13NO2. The van der Waals surface area contributed by atoms with Crippen LogP contribution in [0.4, 0.5) is 0 Å². The lowest BCUT2D eigenvalue weighted by atomic mass is 10.7. The number of aliphatic hydroxyl groups excluding tert-OH is 1. The molecule has 0 aromatic rings. The second-order valence-corrected chi connectivity index (χ2v) is 0.831. The smallest absolute Gasteiger partial charge is 0.245 e. The van der Waals surface area contributed by atoms with Crippen molar-refractivity contribution < 1.29 is 9.90 Å². The summed E-state index contributed by atoms with van der Waals surface area (Å²) in [5.74, 6) is -0.352. The lowest BCUT2D eigenvalue weighted by Gasteiger charge is -1.86. The Morgan fingerprint density at radius 2 is 2.00 bits per heavy atom. The van der Waals surface area contributed by atoms with Gasteiger partial charge in [0.1, 0.15) is 6.61 Å². The van der Waals surface area contributed by atoms with Crippen LogP contribution >= 0.6 is 0 Å². The summed E-state index contributed by atoms with van der Waals surface area (Å²) in [6, 6.07) is 0. The van der Waals surface area contributed by atoms with E-state index in [1.807, 2.05) is 13.8 Å². The number of carbonyl (C=O) groups is 1. The number of hydrogen-bond acceptors (Lipinski definition) is 2. The second kappa shape index (κ2) is 9.66. The Bertz CT molecular complexity index is 48.4. The fraction of sp³-hybridized carbons (Fsp3) is 0.800. The molecule has 0 heterocycles. The molecule has 0 fully saturated rings. The van der Waals surface area contributed by atoms with Crippen LogP contribution in [0, 0.1) is 0 Å². The van der Waals surface area contributed by atoms with Crippen molar-refractivity contribution in [1.29, 1.82) is 0 Å². The van der Waals surface area contributed by atoms with Crippen LogP contribution in [0.3, 0.4) is 0 Å². The minimum absolute atomic E-state index is 0.352. The van der Waals surface area contributed by atoms with Gasteiger partial charge < -0.3 is 10.4 Å². The molecule has 0 rings (SSSR count). The molecule has 0 aliphatic carbocycles. The molecule has 2 N–H and O–H groups in total. The van der Waals surface area contributed by atoms with Gasteiger partial charge in [-0.3, -0.25) is 4.79 Å². The normalized spacial score (nSPS) is 6.50. The van der Waals surface area contributed by atoms with Crippen molar-refractivity contribution in [2.45, 2.75) is 13.8 Å². The molecule has 0 aromatic carbocycles. The number of hydrogen-bond donors (Lipinski definition) is 2. The van der Waals surface area contributed by atoms with Crippen LogP contribution in [0.25, 0.3) is 0 Å². The molecule has 3 heteroatoms. The average molecular weight is 119 g/mol. The van der Waals surface area contributed by atoms with Crippen LogP contribution < -0.4 is 5.32 Å². The molecule has 0 spiro atoms. The highest BCUT2D eigenvalue weighted by atomic mass is 16.3. The fourth-order valence-corrected chi connectivity index (χ4v) is 0.0791. The highest BCUT2D eigenvalue weighted by molar-refractivity contribution is 5.76. The lowest BCUT2D eigenvalue weighted by Crippen LogP contribution is -2.20. The third-order valence-electron chi connectivity index (χ3n) is 0.422. The number of amides is 1. The molecule has 0 saturated heterocycles. The van der Waals surface area contributed by atoms with Gasteiger partial charge in [0.15, 0.2) is 0 Å². The first-order valence-electron chi connectivity index (χ1n) is 2.62. The summed E-state index contributed by atoms with van der Waals surface area (Å²) in [7, 11) is 1.47. The molecule has 1 amide bonds. The van der Waals surface area contributed by atoms with Crippen molar-refractivity contribution in [1.82, 2.24) is 5.32 Å². The summed E-state index contributed by atoms with van der Waals surface area (Å²) in [5.41, 5.74) is 0. The highest BCUT2D eigenvalue weighted by Gasteiger charge is 1.86. The van der Waals surface area contributed by atoms with E-state index in [4.69, 9.17) is 5.11 Å². The van der Waals surface area contributed by atoms with Crippen molar-refractivity contribution in [3.8, 4) is 0 Å². The first-order chi connectivity index (χ1) is 3.81. The summed E-state index contributed by atoms with van der Waals surface area (Å²) >= 11 is 0. The maximum atomic E-state index is 9.82. The molecule has 0 aliphatic heterocycles. The molecular weight excluding hydrogens is 106 g/mol. The Labute approximate surface area is 49.7 Å². The molecule has 3 nitrogen and oxygen atoms in total. The van der Waals surface area contributed by atoms with Gasteiger partial charge in [-0.25, -0.2) is 0 Å². The van der Waals surface area contributed by atoms with Gasteiger partial charge >= 0.3 is 0 Å². The third kappa shape index (κ3) is 9.06. The molecule has 0 unspecified atom stereocenters. The van der Waals surface area contributed by atoms with Crippen LogP contribution in [0.15, 0.2) is 0 Å². The Morgan fingerprint density at radius 1 is 1.62 bits per heavy atom. The van der Waals surface area contributed by atoms with Crippen molar-refractivity contribution in [2.75, 3.05) is 13.7 Å². The van der Waals surface area contributed by atoms with Gasteiger partial charge in [-0.05, 0) is 0 Å². The van der Waals surface area contributed by atoms with Crippen LogP contribution in [0.2, 0.25) is 0 Å². The van der Waals surface area contributed by atoms with Crippen LogP contribution in [0.1, 0.15) is 13.8 Å². The molecule has 0 saturated carbocycles. The molecule has 0 aromatic heterocycles. The zero-order valence-electron chi connectivity index (χ0n) is 5.56. The quantitative estimate of drug-likeness (QED) is 0.500. The molecule has 0 bridgehead atoms. The standard InChI is InChI=1S/C3H7NO2.C2H6/c1-4-3(6)2-5;1-2/h5H,2H2,1H3,(H,4,6);1-2H3. The topological polar surface area (TPSA) is 49.3 Å². The summed E-state index contributed by atoms with van der Waals surface area (Å²) in [4.78, 5) is 9.82. The summed E-state index contributed by atoms with van der Waals surface area (Å²) in [6.45, 7) is 3.58. The van der Waals surface area contributed by atoms with Gasteiger partial charge in [-0.2, -0.15) is 0 Å². The Kier molecular flexibility index (Phi) is 12.6. The van der Waals surface area contributed by atoms with E-state index in [1.54, 1.807) is 0 Å². The second-order valence-electron chi connectivity index (χ2n) is 0.831. The van der Waals surface area contributed by atoms with Crippen molar-refractivity contribution in [2.24, 2.45) is 0 Å². The summed E-state index contributed by atoms with van der Waals surface area (Å²) < 4.78 is 0. The number of nitrogens with one attached hydrogen (secondary N) is 1. The van der Waals surface area contributed by atoms with Gasteiger partial charge in [-0.1, -0.05) is 13.8 Å². The van der Waals surface area contributed by atoms with Gasteiger partial charge in [0.2, 0.25) is 5.91 Å².